The van der Waals surface area contributed by atoms with Gasteiger partial charge in [0.05, 0.1) is 5.69 Å². The Morgan fingerprint density at radius 2 is 2.00 bits per heavy atom. The van der Waals surface area contributed by atoms with Crippen molar-refractivity contribution in [2.75, 3.05) is 53.4 Å². The van der Waals surface area contributed by atoms with E-state index in [0.29, 0.717) is 31.7 Å². The highest BCUT2D eigenvalue weighted by atomic mass is 32.2. The molecule has 152 valence electrons. The molecule has 0 aromatic carbocycles. The van der Waals surface area contributed by atoms with Crippen molar-refractivity contribution < 1.29 is 17.6 Å². The van der Waals surface area contributed by atoms with Crippen LogP contribution in [0.2, 0.25) is 0 Å². The van der Waals surface area contributed by atoms with Gasteiger partial charge in [-0.1, -0.05) is 0 Å². The third kappa shape index (κ3) is 4.34. The molecule has 27 heavy (non-hydrogen) atoms. The fraction of sp³-hybridized carbons (Fsp3) is 0.765. The number of carbonyl (C=O) groups excluding carboxylic acids is 1. The summed E-state index contributed by atoms with van der Waals surface area (Å²) in [4.78, 5) is 20.6. The van der Waals surface area contributed by atoms with Crippen LogP contribution in [0.4, 0.5) is 0 Å². The van der Waals surface area contributed by atoms with Gasteiger partial charge in [0.1, 0.15) is 0 Å². The Bertz CT molecular complexity index is 757. The molecule has 9 nitrogen and oxygen atoms in total. The molecule has 2 aliphatic heterocycles. The zero-order valence-corrected chi connectivity index (χ0v) is 17.1. The Morgan fingerprint density at radius 1 is 1.30 bits per heavy atom. The number of rotatable bonds is 7. The molecule has 1 amide bonds. The second-order valence-corrected chi connectivity index (χ2v) is 9.51. The molecule has 2 saturated heterocycles. The standard InChI is InChI=1S/C17H29N5O4S/c1-14-16(26-13-18-14)17(23)21-9-6-15(12-21)22(27(24,25)19(2)3)11-10-20-7-4-5-8-20/h13,15H,4-12H2,1-3H3. The minimum absolute atomic E-state index is 0.228. The number of nitrogens with zero attached hydrogens (tertiary/aromatic N) is 5. The Labute approximate surface area is 161 Å². The molecule has 1 atom stereocenters. The monoisotopic (exact) mass is 399 g/mol. The van der Waals surface area contributed by atoms with Gasteiger partial charge < -0.3 is 14.2 Å². The number of aryl methyl sites for hydroxylation is 1. The van der Waals surface area contributed by atoms with Crippen LogP contribution in [-0.4, -0.2) is 97.1 Å². The summed E-state index contributed by atoms with van der Waals surface area (Å²) in [6.45, 7) is 5.81. The molecule has 2 aliphatic rings. The lowest BCUT2D eigenvalue weighted by Crippen LogP contribution is -2.50. The average Bonchev–Trinajstić information content (AvgIpc) is 3.35. The number of amides is 1. The maximum absolute atomic E-state index is 12.9. The van der Waals surface area contributed by atoms with Crippen molar-refractivity contribution in [2.45, 2.75) is 32.2 Å². The number of likely N-dealkylation sites (tertiary alicyclic amines) is 2. The SMILES string of the molecule is Cc1ncoc1C(=O)N1CCC(N(CCN2CCCC2)S(=O)(=O)N(C)C)C1. The smallest absolute Gasteiger partial charge is 0.291 e. The summed E-state index contributed by atoms with van der Waals surface area (Å²) in [6.07, 6.45) is 4.21. The van der Waals surface area contributed by atoms with Crippen LogP contribution in [-0.2, 0) is 10.2 Å². The molecule has 0 radical (unpaired) electrons. The largest absolute Gasteiger partial charge is 0.438 e. The first-order valence-electron chi connectivity index (χ1n) is 9.41. The molecule has 3 rings (SSSR count). The van der Waals surface area contributed by atoms with Crippen LogP contribution in [0.3, 0.4) is 0 Å². The Balaban J connectivity index is 1.70. The number of aromatic nitrogens is 1. The van der Waals surface area contributed by atoms with Crippen molar-refractivity contribution in [3.63, 3.8) is 0 Å². The fourth-order valence-corrected chi connectivity index (χ4v) is 5.04. The summed E-state index contributed by atoms with van der Waals surface area (Å²) in [7, 11) is -0.460. The van der Waals surface area contributed by atoms with Gasteiger partial charge in [-0.25, -0.2) is 4.98 Å². The van der Waals surface area contributed by atoms with Crippen molar-refractivity contribution >= 4 is 16.1 Å². The lowest BCUT2D eigenvalue weighted by Gasteiger charge is -2.31. The van der Waals surface area contributed by atoms with Crippen LogP contribution in [0, 0.1) is 6.92 Å². The van der Waals surface area contributed by atoms with Crippen molar-refractivity contribution in [3.05, 3.63) is 17.8 Å². The van der Waals surface area contributed by atoms with Gasteiger partial charge in [-0.3, -0.25) is 4.79 Å². The first-order valence-corrected chi connectivity index (χ1v) is 10.8. The quantitative estimate of drug-likeness (QED) is 0.659. The predicted octanol–water partition coefficient (Wildman–Crippen LogP) is 0.402. The van der Waals surface area contributed by atoms with Gasteiger partial charge >= 0.3 is 0 Å². The van der Waals surface area contributed by atoms with Gasteiger partial charge in [0.25, 0.3) is 16.1 Å². The van der Waals surface area contributed by atoms with Crippen LogP contribution in [0.15, 0.2) is 10.8 Å². The van der Waals surface area contributed by atoms with E-state index in [-0.39, 0.29) is 17.7 Å². The van der Waals surface area contributed by atoms with Crippen molar-refractivity contribution in [3.8, 4) is 0 Å². The van der Waals surface area contributed by atoms with Gasteiger partial charge in [0, 0.05) is 46.3 Å². The number of hydrogen-bond acceptors (Lipinski definition) is 6. The highest BCUT2D eigenvalue weighted by Gasteiger charge is 2.38. The summed E-state index contributed by atoms with van der Waals surface area (Å²) in [5.41, 5.74) is 0.551. The molecular weight excluding hydrogens is 370 g/mol. The number of oxazole rings is 1. The van der Waals surface area contributed by atoms with E-state index >= 15 is 0 Å². The van der Waals surface area contributed by atoms with Gasteiger partial charge in [0.15, 0.2) is 6.39 Å². The molecule has 1 aromatic rings. The van der Waals surface area contributed by atoms with Crippen molar-refractivity contribution in [2.24, 2.45) is 0 Å². The molecule has 2 fully saturated rings. The molecule has 0 N–H and O–H groups in total. The van der Waals surface area contributed by atoms with E-state index in [9.17, 15) is 13.2 Å². The lowest BCUT2D eigenvalue weighted by atomic mass is 10.2. The van der Waals surface area contributed by atoms with Crippen molar-refractivity contribution in [1.29, 1.82) is 0 Å². The summed E-state index contributed by atoms with van der Waals surface area (Å²) >= 11 is 0. The topological polar surface area (TPSA) is 90.2 Å². The maximum atomic E-state index is 12.9. The molecule has 10 heteroatoms. The predicted molar refractivity (Wildman–Crippen MR) is 101 cm³/mol. The first-order chi connectivity index (χ1) is 12.8. The summed E-state index contributed by atoms with van der Waals surface area (Å²) < 4.78 is 33.8. The van der Waals surface area contributed by atoms with Crippen LogP contribution in [0.5, 0.6) is 0 Å². The molecule has 0 spiro atoms. The van der Waals surface area contributed by atoms with E-state index in [2.05, 4.69) is 9.88 Å². The normalized spacial score (nSPS) is 21.7. The van der Waals surface area contributed by atoms with Crippen molar-refractivity contribution in [1.82, 2.24) is 23.4 Å². The molecular formula is C17H29N5O4S. The Morgan fingerprint density at radius 3 is 2.59 bits per heavy atom. The van der Waals surface area contributed by atoms with E-state index in [1.54, 1.807) is 30.2 Å². The van der Waals surface area contributed by atoms with E-state index in [1.807, 2.05) is 0 Å². The fourth-order valence-electron chi connectivity index (χ4n) is 3.75. The zero-order valence-electron chi connectivity index (χ0n) is 16.3. The molecule has 0 saturated carbocycles. The van der Waals surface area contributed by atoms with Crippen LogP contribution in [0.25, 0.3) is 0 Å². The summed E-state index contributed by atoms with van der Waals surface area (Å²) in [6, 6.07) is -0.229. The van der Waals surface area contributed by atoms with E-state index in [4.69, 9.17) is 4.42 Å². The van der Waals surface area contributed by atoms with Crippen LogP contribution in [0.1, 0.15) is 35.5 Å². The van der Waals surface area contributed by atoms with Gasteiger partial charge in [-0.2, -0.15) is 17.0 Å². The zero-order chi connectivity index (χ0) is 19.6. The molecule has 3 heterocycles. The van der Waals surface area contributed by atoms with Gasteiger partial charge in [-0.15, -0.1) is 0 Å². The maximum Gasteiger partial charge on any atom is 0.291 e. The van der Waals surface area contributed by atoms with Crippen LogP contribution >= 0.6 is 0 Å². The average molecular weight is 400 g/mol. The minimum atomic E-state index is -3.56. The lowest BCUT2D eigenvalue weighted by molar-refractivity contribution is 0.0751. The Hall–Kier alpha value is -1.49. The summed E-state index contributed by atoms with van der Waals surface area (Å²) in [5, 5.41) is 0. The second kappa shape index (κ2) is 8.26. The summed E-state index contributed by atoms with van der Waals surface area (Å²) in [5.74, 6) is 0.00368. The Kier molecular flexibility index (Phi) is 6.19. The molecule has 0 bridgehead atoms. The molecule has 1 aromatic heterocycles. The van der Waals surface area contributed by atoms with Gasteiger partial charge in [-0.05, 0) is 39.3 Å². The van der Waals surface area contributed by atoms with Gasteiger partial charge in [0.2, 0.25) is 5.76 Å². The van der Waals surface area contributed by atoms with E-state index in [1.165, 1.54) is 23.5 Å². The van der Waals surface area contributed by atoms with Crippen LogP contribution < -0.4 is 0 Å². The van der Waals surface area contributed by atoms with E-state index < -0.39 is 10.2 Å². The second-order valence-electron chi connectivity index (χ2n) is 7.41. The number of carbonyl (C=O) groups is 1. The highest BCUT2D eigenvalue weighted by molar-refractivity contribution is 7.86. The minimum Gasteiger partial charge on any atom is -0.438 e. The number of hydrogen-bond donors (Lipinski definition) is 0. The first kappa shape index (κ1) is 20.2. The molecule has 1 unspecified atom stereocenters. The molecule has 0 aliphatic carbocycles. The highest BCUT2D eigenvalue weighted by Crippen LogP contribution is 2.23. The third-order valence-corrected chi connectivity index (χ3v) is 7.39. The third-order valence-electron chi connectivity index (χ3n) is 5.39. The van der Waals surface area contributed by atoms with E-state index in [0.717, 1.165) is 19.6 Å².